The van der Waals surface area contributed by atoms with Gasteiger partial charge in [0.05, 0.1) is 11.4 Å². The van der Waals surface area contributed by atoms with E-state index in [0.717, 1.165) is 29.1 Å². The van der Waals surface area contributed by atoms with E-state index < -0.39 is 0 Å². The van der Waals surface area contributed by atoms with Crippen LogP contribution in [0.1, 0.15) is 42.4 Å². The summed E-state index contributed by atoms with van der Waals surface area (Å²) in [6.07, 6.45) is 0.934. The van der Waals surface area contributed by atoms with Gasteiger partial charge in [0, 0.05) is 18.7 Å². The van der Waals surface area contributed by atoms with Gasteiger partial charge >= 0.3 is 0 Å². The highest BCUT2D eigenvalue weighted by Gasteiger charge is 2.10. The monoisotopic (exact) mass is 273 g/mol. The van der Waals surface area contributed by atoms with Gasteiger partial charge in [0.2, 0.25) is 0 Å². The molecule has 0 aliphatic heterocycles. The van der Waals surface area contributed by atoms with Crippen LogP contribution in [0.5, 0.6) is 5.75 Å². The summed E-state index contributed by atoms with van der Waals surface area (Å²) >= 11 is 0. The van der Waals surface area contributed by atoms with Crippen molar-refractivity contribution in [2.24, 2.45) is 12.8 Å². The third kappa shape index (κ3) is 3.20. The summed E-state index contributed by atoms with van der Waals surface area (Å²) in [7, 11) is 1.95. The molecule has 0 aliphatic carbocycles. The van der Waals surface area contributed by atoms with Gasteiger partial charge in [-0.05, 0) is 38.0 Å². The molecule has 1 aromatic heterocycles. The Labute approximate surface area is 120 Å². The Bertz CT molecular complexity index is 587. The summed E-state index contributed by atoms with van der Waals surface area (Å²) in [6, 6.07) is 8.18. The minimum atomic E-state index is -0.0386. The van der Waals surface area contributed by atoms with Crippen molar-refractivity contribution in [1.29, 1.82) is 0 Å². The van der Waals surface area contributed by atoms with E-state index in [4.69, 9.17) is 10.5 Å². The third-order valence-corrected chi connectivity index (χ3v) is 3.42. The van der Waals surface area contributed by atoms with Gasteiger partial charge in [-0.1, -0.05) is 19.1 Å². The summed E-state index contributed by atoms with van der Waals surface area (Å²) in [5.41, 5.74) is 10.4. The molecule has 0 saturated carbocycles. The fourth-order valence-corrected chi connectivity index (χ4v) is 2.17. The number of aromatic nitrogens is 2. The summed E-state index contributed by atoms with van der Waals surface area (Å²) in [4.78, 5) is 0. The van der Waals surface area contributed by atoms with Crippen LogP contribution in [0.3, 0.4) is 0 Å². The fraction of sp³-hybridized carbons (Fsp3) is 0.438. The molecular weight excluding hydrogens is 250 g/mol. The smallest absolute Gasteiger partial charge is 0.130 e. The summed E-state index contributed by atoms with van der Waals surface area (Å²) in [5.74, 6) is 0.860. The van der Waals surface area contributed by atoms with Crippen molar-refractivity contribution < 1.29 is 4.74 Å². The molecule has 0 aliphatic rings. The maximum absolute atomic E-state index is 5.99. The zero-order chi connectivity index (χ0) is 14.7. The Kier molecular flexibility index (Phi) is 4.45. The van der Waals surface area contributed by atoms with Crippen LogP contribution < -0.4 is 10.5 Å². The predicted molar refractivity (Wildman–Crippen MR) is 80.7 cm³/mol. The number of nitrogens with two attached hydrogens (primary N) is 1. The van der Waals surface area contributed by atoms with Gasteiger partial charge in [-0.3, -0.25) is 4.68 Å². The molecule has 0 saturated heterocycles. The summed E-state index contributed by atoms with van der Waals surface area (Å²) in [5, 5.41) is 4.43. The largest absolute Gasteiger partial charge is 0.487 e. The van der Waals surface area contributed by atoms with Gasteiger partial charge in [0.1, 0.15) is 12.4 Å². The molecule has 4 nitrogen and oxygen atoms in total. The molecular formula is C16H23N3O. The lowest BCUT2D eigenvalue weighted by atomic mass is 10.1. The number of rotatable bonds is 5. The van der Waals surface area contributed by atoms with Gasteiger partial charge in [-0.2, -0.15) is 5.10 Å². The first kappa shape index (κ1) is 14.6. The van der Waals surface area contributed by atoms with Gasteiger partial charge in [-0.15, -0.1) is 0 Å². The molecule has 1 aromatic carbocycles. The first-order valence-electron chi connectivity index (χ1n) is 7.02. The van der Waals surface area contributed by atoms with Gasteiger partial charge < -0.3 is 10.5 Å². The van der Waals surface area contributed by atoms with Crippen LogP contribution in [0.25, 0.3) is 0 Å². The van der Waals surface area contributed by atoms with Crippen LogP contribution in [0, 0.1) is 6.92 Å². The second kappa shape index (κ2) is 6.09. The van der Waals surface area contributed by atoms with Crippen LogP contribution in [-0.2, 0) is 20.1 Å². The molecule has 0 radical (unpaired) electrons. The SMILES string of the molecule is CCc1cc(COc2cc(C)ccc2[C@H](C)N)n(C)n1. The van der Waals surface area contributed by atoms with Crippen LogP contribution in [0.4, 0.5) is 0 Å². The van der Waals surface area contributed by atoms with E-state index in [2.05, 4.69) is 31.1 Å². The number of benzene rings is 1. The van der Waals surface area contributed by atoms with E-state index in [-0.39, 0.29) is 6.04 Å². The first-order valence-corrected chi connectivity index (χ1v) is 7.02. The number of nitrogens with zero attached hydrogens (tertiary/aromatic N) is 2. The predicted octanol–water partition coefficient (Wildman–Crippen LogP) is 2.89. The summed E-state index contributed by atoms with van der Waals surface area (Å²) < 4.78 is 7.84. The van der Waals surface area contributed by atoms with Crippen molar-refractivity contribution in [3.8, 4) is 5.75 Å². The lowest BCUT2D eigenvalue weighted by molar-refractivity contribution is 0.290. The second-order valence-electron chi connectivity index (χ2n) is 5.22. The number of ether oxygens (including phenoxy) is 1. The lowest BCUT2D eigenvalue weighted by Crippen LogP contribution is -2.09. The molecule has 1 atom stereocenters. The molecule has 1 heterocycles. The topological polar surface area (TPSA) is 53.1 Å². The molecule has 2 N–H and O–H groups in total. The van der Waals surface area contributed by atoms with Crippen molar-refractivity contribution in [2.45, 2.75) is 39.8 Å². The number of hydrogen-bond donors (Lipinski definition) is 1. The van der Waals surface area contributed by atoms with Crippen LogP contribution in [0.15, 0.2) is 24.3 Å². The van der Waals surface area contributed by atoms with E-state index in [9.17, 15) is 0 Å². The zero-order valence-corrected chi connectivity index (χ0v) is 12.7. The highest BCUT2D eigenvalue weighted by Crippen LogP contribution is 2.26. The Morgan fingerprint density at radius 2 is 2.10 bits per heavy atom. The van der Waals surface area contributed by atoms with E-state index in [1.54, 1.807) is 0 Å². The highest BCUT2D eigenvalue weighted by molar-refractivity contribution is 5.39. The van der Waals surface area contributed by atoms with Crippen molar-refractivity contribution in [1.82, 2.24) is 9.78 Å². The average molecular weight is 273 g/mol. The fourth-order valence-electron chi connectivity index (χ4n) is 2.17. The molecule has 0 unspecified atom stereocenters. The zero-order valence-electron chi connectivity index (χ0n) is 12.7. The van der Waals surface area contributed by atoms with Gasteiger partial charge in [0.25, 0.3) is 0 Å². The maximum atomic E-state index is 5.99. The van der Waals surface area contributed by atoms with E-state index in [0.29, 0.717) is 6.61 Å². The molecule has 2 aromatic rings. The Morgan fingerprint density at radius 1 is 1.35 bits per heavy atom. The highest BCUT2D eigenvalue weighted by atomic mass is 16.5. The van der Waals surface area contributed by atoms with E-state index >= 15 is 0 Å². The van der Waals surface area contributed by atoms with Crippen LogP contribution in [-0.4, -0.2) is 9.78 Å². The van der Waals surface area contributed by atoms with Crippen molar-refractivity contribution >= 4 is 0 Å². The standard InChI is InChI=1S/C16H23N3O/c1-5-13-9-14(19(4)18-13)10-20-16-8-11(2)6-7-15(16)12(3)17/h6-9,12H,5,10,17H2,1-4H3/t12-/m0/s1. The number of aryl methyl sites for hydroxylation is 3. The molecule has 0 bridgehead atoms. The Morgan fingerprint density at radius 3 is 2.70 bits per heavy atom. The third-order valence-electron chi connectivity index (χ3n) is 3.42. The number of hydrogen-bond acceptors (Lipinski definition) is 3. The van der Waals surface area contributed by atoms with Crippen LogP contribution >= 0.6 is 0 Å². The second-order valence-corrected chi connectivity index (χ2v) is 5.22. The van der Waals surface area contributed by atoms with Gasteiger partial charge in [0.15, 0.2) is 0 Å². The van der Waals surface area contributed by atoms with Crippen molar-refractivity contribution in [3.05, 3.63) is 46.8 Å². The lowest BCUT2D eigenvalue weighted by Gasteiger charge is -2.14. The average Bonchev–Trinajstić information content (AvgIpc) is 2.76. The molecule has 0 spiro atoms. The maximum Gasteiger partial charge on any atom is 0.130 e. The minimum Gasteiger partial charge on any atom is -0.487 e. The van der Waals surface area contributed by atoms with Crippen molar-refractivity contribution in [2.75, 3.05) is 0 Å². The first-order chi connectivity index (χ1) is 9.51. The molecule has 20 heavy (non-hydrogen) atoms. The van der Waals surface area contributed by atoms with Crippen molar-refractivity contribution in [3.63, 3.8) is 0 Å². The molecule has 0 amide bonds. The molecule has 108 valence electrons. The molecule has 4 heteroatoms. The molecule has 2 rings (SSSR count). The quantitative estimate of drug-likeness (QED) is 0.911. The Hall–Kier alpha value is -1.81. The van der Waals surface area contributed by atoms with E-state index in [1.165, 1.54) is 5.56 Å². The van der Waals surface area contributed by atoms with Gasteiger partial charge in [-0.25, -0.2) is 0 Å². The molecule has 0 fully saturated rings. The minimum absolute atomic E-state index is 0.0386. The normalized spacial score (nSPS) is 12.4. The van der Waals surface area contributed by atoms with Crippen LogP contribution in [0.2, 0.25) is 0 Å². The van der Waals surface area contributed by atoms with E-state index in [1.807, 2.05) is 30.8 Å². The Balaban J connectivity index is 2.17. The summed E-state index contributed by atoms with van der Waals surface area (Å²) in [6.45, 7) is 6.63.